The van der Waals surface area contributed by atoms with Gasteiger partial charge in [-0.2, -0.15) is 0 Å². The first-order valence-electron chi connectivity index (χ1n) is 4.01. The van der Waals surface area contributed by atoms with Crippen LogP contribution >= 0.6 is 0 Å². The number of hydrogen-bond donors (Lipinski definition) is 1. The van der Waals surface area contributed by atoms with Crippen molar-refractivity contribution in [2.75, 3.05) is 12.8 Å². The SMILES string of the molecule is COC(=O)c1c(C)cc(C)cc1N.[Na+].[OH-]. The number of aryl methyl sites for hydroxylation is 2. The fraction of sp³-hybridized carbons (Fsp3) is 0.300. The Morgan fingerprint density at radius 1 is 1.33 bits per heavy atom. The number of methoxy groups -OCH3 is 1. The molecule has 1 aromatic rings. The van der Waals surface area contributed by atoms with Gasteiger partial charge in [0.1, 0.15) is 0 Å². The van der Waals surface area contributed by atoms with Crippen molar-refractivity contribution >= 4 is 11.7 Å². The number of ether oxygens (including phenoxy) is 1. The first-order chi connectivity index (χ1) is 6.06. The summed E-state index contributed by atoms with van der Waals surface area (Å²) < 4.78 is 4.62. The molecule has 0 unspecified atom stereocenters. The van der Waals surface area contributed by atoms with Crippen molar-refractivity contribution < 1.29 is 44.6 Å². The Morgan fingerprint density at radius 3 is 2.27 bits per heavy atom. The van der Waals surface area contributed by atoms with Crippen LogP contribution in [0.1, 0.15) is 21.5 Å². The largest absolute Gasteiger partial charge is 1.00 e. The molecule has 0 spiro atoms. The Balaban J connectivity index is 0. The van der Waals surface area contributed by atoms with Gasteiger partial charge in [-0.3, -0.25) is 0 Å². The average Bonchev–Trinajstić information content (AvgIpc) is 2.02. The summed E-state index contributed by atoms with van der Waals surface area (Å²) in [4.78, 5) is 11.3. The van der Waals surface area contributed by atoms with E-state index in [2.05, 4.69) is 4.74 Å². The standard InChI is InChI=1S/C10H13NO2.Na.H2O/c1-6-4-7(2)9(8(11)5-6)10(12)13-3;;/h4-5H,11H2,1-3H3;;1H2/q;+1;/p-1. The number of anilines is 1. The molecule has 0 bridgehead atoms. The zero-order chi connectivity index (χ0) is 10.0. The Kier molecular flexibility index (Phi) is 7.70. The van der Waals surface area contributed by atoms with Gasteiger partial charge in [0.2, 0.25) is 0 Å². The summed E-state index contributed by atoms with van der Waals surface area (Å²) in [6, 6.07) is 3.67. The number of benzene rings is 1. The van der Waals surface area contributed by atoms with E-state index in [4.69, 9.17) is 5.73 Å². The molecule has 78 valence electrons. The zero-order valence-electron chi connectivity index (χ0n) is 9.50. The quantitative estimate of drug-likeness (QED) is 0.354. The van der Waals surface area contributed by atoms with E-state index in [0.29, 0.717) is 11.3 Å². The average molecular weight is 219 g/mol. The van der Waals surface area contributed by atoms with Crippen LogP contribution in [-0.4, -0.2) is 18.6 Å². The molecule has 0 saturated carbocycles. The molecule has 4 nitrogen and oxygen atoms in total. The van der Waals surface area contributed by atoms with Crippen molar-refractivity contribution in [3.05, 3.63) is 28.8 Å². The minimum atomic E-state index is -0.380. The van der Waals surface area contributed by atoms with Crippen molar-refractivity contribution in [2.24, 2.45) is 0 Å². The summed E-state index contributed by atoms with van der Waals surface area (Å²) >= 11 is 0. The maximum atomic E-state index is 11.3. The van der Waals surface area contributed by atoms with Gasteiger partial charge in [0.05, 0.1) is 12.7 Å². The van der Waals surface area contributed by atoms with Gasteiger partial charge in [-0.05, 0) is 31.0 Å². The maximum absolute atomic E-state index is 11.3. The molecule has 3 N–H and O–H groups in total. The van der Waals surface area contributed by atoms with Crippen molar-refractivity contribution in [2.45, 2.75) is 13.8 Å². The molecule has 0 aromatic heterocycles. The minimum absolute atomic E-state index is 0. The Bertz CT molecular complexity index is 330. The topological polar surface area (TPSA) is 82.3 Å². The predicted octanol–water partition coefficient (Wildman–Crippen LogP) is -1.50. The summed E-state index contributed by atoms with van der Waals surface area (Å²) in [5.74, 6) is -0.380. The van der Waals surface area contributed by atoms with Crippen molar-refractivity contribution in [3.8, 4) is 0 Å². The molecule has 15 heavy (non-hydrogen) atoms. The van der Waals surface area contributed by atoms with Gasteiger partial charge in [-0.1, -0.05) is 6.07 Å². The van der Waals surface area contributed by atoms with Gasteiger partial charge in [0.25, 0.3) is 0 Å². The number of nitrogen functional groups attached to an aromatic ring is 1. The van der Waals surface area contributed by atoms with Gasteiger partial charge in [-0.25, -0.2) is 4.79 Å². The zero-order valence-corrected chi connectivity index (χ0v) is 11.5. The van der Waals surface area contributed by atoms with E-state index >= 15 is 0 Å². The predicted molar refractivity (Wildman–Crippen MR) is 53.6 cm³/mol. The summed E-state index contributed by atoms with van der Waals surface area (Å²) in [6.45, 7) is 3.78. The second-order valence-electron chi connectivity index (χ2n) is 3.04. The third-order valence-corrected chi connectivity index (χ3v) is 1.90. The number of carbonyl (C=O) groups excluding carboxylic acids is 1. The number of nitrogens with two attached hydrogens (primary N) is 1. The van der Waals surface area contributed by atoms with Gasteiger partial charge >= 0.3 is 35.5 Å². The third kappa shape index (κ3) is 3.83. The van der Waals surface area contributed by atoms with E-state index in [-0.39, 0.29) is 41.0 Å². The van der Waals surface area contributed by atoms with E-state index < -0.39 is 0 Å². The van der Waals surface area contributed by atoms with Crippen LogP contribution < -0.4 is 35.3 Å². The first-order valence-corrected chi connectivity index (χ1v) is 4.01. The van der Waals surface area contributed by atoms with E-state index in [1.807, 2.05) is 19.9 Å². The maximum Gasteiger partial charge on any atom is 1.00 e. The number of hydrogen-bond acceptors (Lipinski definition) is 4. The molecule has 1 rings (SSSR count). The second-order valence-corrected chi connectivity index (χ2v) is 3.04. The van der Waals surface area contributed by atoms with Crippen LogP contribution in [-0.2, 0) is 4.74 Å². The summed E-state index contributed by atoms with van der Waals surface area (Å²) in [5, 5.41) is 0. The normalized spacial score (nSPS) is 8.47. The van der Waals surface area contributed by atoms with Gasteiger partial charge in [-0.15, -0.1) is 0 Å². The number of rotatable bonds is 1. The molecule has 0 heterocycles. The molecule has 0 fully saturated rings. The Hall–Kier alpha value is -0.550. The molecule has 0 amide bonds. The second kappa shape index (κ2) is 6.85. The summed E-state index contributed by atoms with van der Waals surface area (Å²) in [5.41, 5.74) is 8.54. The van der Waals surface area contributed by atoms with E-state index in [0.717, 1.165) is 11.1 Å². The molecule has 0 radical (unpaired) electrons. The van der Waals surface area contributed by atoms with Gasteiger partial charge < -0.3 is 15.9 Å². The summed E-state index contributed by atoms with van der Waals surface area (Å²) in [7, 11) is 1.35. The minimum Gasteiger partial charge on any atom is -0.870 e. The smallest absolute Gasteiger partial charge is 0.870 e. The van der Waals surface area contributed by atoms with Gasteiger partial charge in [0, 0.05) is 5.69 Å². The van der Waals surface area contributed by atoms with Crippen LogP contribution in [0.15, 0.2) is 12.1 Å². The molecule has 0 atom stereocenters. The molecule has 0 saturated heterocycles. The molecule has 0 aliphatic rings. The van der Waals surface area contributed by atoms with Crippen LogP contribution in [0.2, 0.25) is 0 Å². The first kappa shape index (κ1) is 16.9. The van der Waals surface area contributed by atoms with E-state index in [1.165, 1.54) is 7.11 Å². The fourth-order valence-electron chi connectivity index (χ4n) is 1.38. The van der Waals surface area contributed by atoms with Crippen molar-refractivity contribution in [3.63, 3.8) is 0 Å². The molecular formula is C10H14NNaO3. The van der Waals surface area contributed by atoms with Crippen molar-refractivity contribution in [1.82, 2.24) is 0 Å². The fourth-order valence-corrected chi connectivity index (χ4v) is 1.38. The van der Waals surface area contributed by atoms with E-state index in [1.54, 1.807) is 6.07 Å². The third-order valence-electron chi connectivity index (χ3n) is 1.90. The summed E-state index contributed by atoms with van der Waals surface area (Å²) in [6.07, 6.45) is 0. The van der Waals surface area contributed by atoms with Crippen LogP contribution in [0, 0.1) is 13.8 Å². The number of esters is 1. The van der Waals surface area contributed by atoms with E-state index in [9.17, 15) is 4.79 Å². The Labute approximate surface area is 111 Å². The van der Waals surface area contributed by atoms with Crippen molar-refractivity contribution in [1.29, 1.82) is 0 Å². The monoisotopic (exact) mass is 219 g/mol. The van der Waals surface area contributed by atoms with Crippen LogP contribution in [0.25, 0.3) is 0 Å². The molecule has 0 aliphatic heterocycles. The van der Waals surface area contributed by atoms with Crippen LogP contribution in [0.4, 0.5) is 5.69 Å². The molecular weight excluding hydrogens is 205 g/mol. The molecule has 5 heteroatoms. The van der Waals surface area contributed by atoms with Crippen LogP contribution in [0.5, 0.6) is 0 Å². The van der Waals surface area contributed by atoms with Crippen LogP contribution in [0.3, 0.4) is 0 Å². The Morgan fingerprint density at radius 2 is 1.87 bits per heavy atom. The molecule has 1 aromatic carbocycles. The number of carbonyl (C=O) groups is 1. The van der Waals surface area contributed by atoms with Gasteiger partial charge in [0.15, 0.2) is 0 Å². The molecule has 0 aliphatic carbocycles.